The standard InChI is InChI=1S/C31H38F6NO.BrH/c1-20-16-38(17-22-13-23(30(32,33)34)15-24(14-22)31(35,36)37)19-29(27(2,3)4,26-12-11-25(20)28(26,38)5)39-18-21-9-7-6-8-10-21;/h6-10,13-15,20,25-26H,11-12,16-19H2,1-5H3;1H/q+1;/p-1/t20-,25+,26+,28-,29-,38-;/m1./s1. The lowest BCUT2D eigenvalue weighted by atomic mass is 9.65. The van der Waals surface area contributed by atoms with Crippen molar-refractivity contribution in [3.63, 3.8) is 0 Å². The molecule has 9 heteroatoms. The number of hydrogen-bond acceptors (Lipinski definition) is 1. The molecule has 2 aromatic rings. The van der Waals surface area contributed by atoms with Crippen LogP contribution in [0.1, 0.15) is 69.7 Å². The highest BCUT2D eigenvalue weighted by Gasteiger charge is 2.79. The van der Waals surface area contributed by atoms with E-state index in [9.17, 15) is 26.3 Å². The molecule has 0 radical (unpaired) electrons. The molecule has 0 aromatic heterocycles. The van der Waals surface area contributed by atoms with Gasteiger partial charge in [-0.3, -0.25) is 0 Å². The maximum absolute atomic E-state index is 13.7. The van der Waals surface area contributed by atoms with E-state index in [0.29, 0.717) is 36.0 Å². The molecule has 2 aliphatic heterocycles. The lowest BCUT2D eigenvalue weighted by Crippen LogP contribution is -3.00. The Hall–Kier alpha value is -1.58. The first-order valence-corrected chi connectivity index (χ1v) is 13.8. The van der Waals surface area contributed by atoms with Crippen LogP contribution in [0.2, 0.25) is 0 Å². The molecule has 5 rings (SSSR count). The first kappa shape index (κ1) is 31.4. The molecule has 1 saturated carbocycles. The van der Waals surface area contributed by atoms with Gasteiger partial charge in [0.2, 0.25) is 0 Å². The molecule has 6 atom stereocenters. The van der Waals surface area contributed by atoms with Crippen molar-refractivity contribution in [3.8, 4) is 0 Å². The first-order valence-electron chi connectivity index (χ1n) is 13.8. The van der Waals surface area contributed by atoms with Crippen molar-refractivity contribution in [3.05, 3.63) is 70.8 Å². The summed E-state index contributed by atoms with van der Waals surface area (Å²) in [6.07, 6.45) is -7.80. The summed E-state index contributed by atoms with van der Waals surface area (Å²) in [7, 11) is 0. The second-order valence-electron chi connectivity index (χ2n) is 13.4. The van der Waals surface area contributed by atoms with Crippen LogP contribution in [0, 0.1) is 23.2 Å². The van der Waals surface area contributed by atoms with Gasteiger partial charge in [0, 0.05) is 23.3 Å². The lowest BCUT2D eigenvalue weighted by molar-refractivity contribution is -0.968. The van der Waals surface area contributed by atoms with E-state index < -0.39 is 29.1 Å². The number of hydrogen-bond donors (Lipinski definition) is 0. The molecular weight excluding hydrogens is 596 g/mol. The second-order valence-corrected chi connectivity index (χ2v) is 13.4. The minimum atomic E-state index is -4.87. The third-order valence-electron chi connectivity index (χ3n) is 10.4. The van der Waals surface area contributed by atoms with Gasteiger partial charge >= 0.3 is 12.4 Å². The van der Waals surface area contributed by atoms with Gasteiger partial charge in [-0.2, -0.15) is 26.3 Å². The highest BCUT2D eigenvalue weighted by Crippen LogP contribution is 2.68. The highest BCUT2D eigenvalue weighted by atomic mass is 79.9. The van der Waals surface area contributed by atoms with Crippen LogP contribution < -0.4 is 17.0 Å². The van der Waals surface area contributed by atoms with Crippen LogP contribution >= 0.6 is 0 Å². The van der Waals surface area contributed by atoms with Gasteiger partial charge < -0.3 is 26.2 Å². The van der Waals surface area contributed by atoms with Gasteiger partial charge in [0.1, 0.15) is 24.2 Å². The zero-order valence-corrected chi connectivity index (χ0v) is 25.2. The predicted octanol–water partition coefficient (Wildman–Crippen LogP) is 5.49. The summed E-state index contributed by atoms with van der Waals surface area (Å²) in [4.78, 5) is 0. The van der Waals surface area contributed by atoms with Crippen molar-refractivity contribution in [2.45, 2.75) is 84.1 Å². The predicted molar refractivity (Wildman–Crippen MR) is 137 cm³/mol. The third kappa shape index (κ3) is 4.81. The summed E-state index contributed by atoms with van der Waals surface area (Å²) in [6.45, 7) is 12.7. The number of rotatable bonds is 5. The summed E-state index contributed by atoms with van der Waals surface area (Å²) >= 11 is 0. The average molecular weight is 635 g/mol. The molecule has 2 saturated heterocycles. The van der Waals surface area contributed by atoms with E-state index in [0.717, 1.165) is 30.5 Å². The zero-order valence-electron chi connectivity index (χ0n) is 23.6. The van der Waals surface area contributed by atoms with E-state index in [1.807, 2.05) is 30.3 Å². The molecule has 0 N–H and O–H groups in total. The van der Waals surface area contributed by atoms with Crippen LogP contribution in [-0.4, -0.2) is 28.7 Å². The summed E-state index contributed by atoms with van der Waals surface area (Å²) in [6, 6.07) is 12.0. The van der Waals surface area contributed by atoms with Crippen molar-refractivity contribution in [1.29, 1.82) is 0 Å². The van der Waals surface area contributed by atoms with E-state index in [1.165, 1.54) is 0 Å². The van der Waals surface area contributed by atoms with Gasteiger partial charge in [-0.25, -0.2) is 0 Å². The molecule has 3 aliphatic rings. The SMILES string of the molecule is C[C@@H]1C[N@@+]2(Cc3cc(C(F)(F)F)cc(C(F)(F)F)c3)C[C@](OCc3ccccc3)(C(C)(C)C)[C@H]3CC[C@@H]1[C@]32C.[Br-]. The third-order valence-corrected chi connectivity index (χ3v) is 10.4. The van der Waals surface area contributed by atoms with Crippen LogP contribution in [0.5, 0.6) is 0 Å². The topological polar surface area (TPSA) is 9.23 Å². The van der Waals surface area contributed by atoms with Crippen LogP contribution in [0.15, 0.2) is 48.5 Å². The number of halogens is 7. The van der Waals surface area contributed by atoms with Crippen molar-refractivity contribution in [1.82, 2.24) is 0 Å². The fourth-order valence-corrected chi connectivity index (χ4v) is 8.77. The van der Waals surface area contributed by atoms with Gasteiger partial charge in [0.05, 0.1) is 24.3 Å². The van der Waals surface area contributed by atoms with Crippen LogP contribution in [0.3, 0.4) is 0 Å². The van der Waals surface area contributed by atoms with E-state index in [2.05, 4.69) is 34.6 Å². The largest absolute Gasteiger partial charge is 1.00 e. The van der Waals surface area contributed by atoms with Crippen molar-refractivity contribution >= 4 is 0 Å². The van der Waals surface area contributed by atoms with Gasteiger partial charge in [-0.15, -0.1) is 0 Å². The molecule has 40 heavy (non-hydrogen) atoms. The Morgan fingerprint density at radius 1 is 0.875 bits per heavy atom. The maximum Gasteiger partial charge on any atom is 0.416 e. The molecule has 2 aromatic carbocycles. The van der Waals surface area contributed by atoms with Crippen molar-refractivity contribution in [2.24, 2.45) is 23.2 Å². The van der Waals surface area contributed by atoms with E-state index in [-0.39, 0.29) is 52.0 Å². The monoisotopic (exact) mass is 633 g/mol. The number of benzene rings is 2. The number of alkyl halides is 6. The molecule has 2 nitrogen and oxygen atoms in total. The Kier molecular flexibility index (Phi) is 7.85. The normalized spacial score (nSPS) is 33.6. The molecule has 0 bridgehead atoms. The quantitative estimate of drug-likeness (QED) is 0.312. The Morgan fingerprint density at radius 3 is 1.98 bits per heavy atom. The van der Waals surface area contributed by atoms with Crippen LogP contribution in [-0.2, 0) is 30.2 Å². The average Bonchev–Trinajstić information content (AvgIpc) is 3.36. The second kappa shape index (κ2) is 10.0. The molecule has 3 fully saturated rings. The van der Waals surface area contributed by atoms with Gasteiger partial charge in [0.25, 0.3) is 0 Å². The Bertz CT molecular complexity index is 1190. The summed E-state index contributed by atoms with van der Waals surface area (Å²) in [5.74, 6) is 0.788. The zero-order chi connectivity index (χ0) is 28.6. The summed E-state index contributed by atoms with van der Waals surface area (Å²) in [5.41, 5.74) is -2.55. The number of nitrogens with zero attached hydrogens (tertiary/aromatic N) is 1. The number of quaternary nitrogens is 1. The lowest BCUT2D eigenvalue weighted by Gasteiger charge is -2.45. The Labute approximate surface area is 243 Å². The van der Waals surface area contributed by atoms with Crippen LogP contribution in [0.25, 0.3) is 0 Å². The molecule has 2 heterocycles. The van der Waals surface area contributed by atoms with Gasteiger partial charge in [-0.05, 0) is 48.9 Å². The smallest absolute Gasteiger partial charge is 0.416 e. The molecule has 0 unspecified atom stereocenters. The summed E-state index contributed by atoms with van der Waals surface area (Å²) < 4.78 is 89.8. The van der Waals surface area contributed by atoms with E-state index in [4.69, 9.17) is 4.74 Å². The maximum atomic E-state index is 13.7. The fraction of sp³-hybridized carbons (Fsp3) is 0.613. The molecule has 0 spiro atoms. The Balaban J connectivity index is 0.00000370. The molecule has 0 amide bonds. The van der Waals surface area contributed by atoms with Gasteiger partial charge in [-0.1, -0.05) is 58.0 Å². The Morgan fingerprint density at radius 2 is 1.45 bits per heavy atom. The fourth-order valence-electron chi connectivity index (χ4n) is 8.77. The molecular formula is C31H38BrF6NO. The minimum absolute atomic E-state index is 0. The number of ether oxygens (including phenoxy) is 1. The van der Waals surface area contributed by atoms with Gasteiger partial charge in [0.15, 0.2) is 0 Å². The summed E-state index contributed by atoms with van der Waals surface area (Å²) in [5, 5.41) is 0. The van der Waals surface area contributed by atoms with E-state index in [1.54, 1.807) is 0 Å². The first-order chi connectivity index (χ1) is 17.9. The van der Waals surface area contributed by atoms with Crippen molar-refractivity contribution in [2.75, 3.05) is 13.1 Å². The van der Waals surface area contributed by atoms with Crippen LogP contribution in [0.4, 0.5) is 26.3 Å². The van der Waals surface area contributed by atoms with Crippen molar-refractivity contribution < 1.29 is 52.5 Å². The molecule has 1 aliphatic carbocycles. The highest BCUT2D eigenvalue weighted by molar-refractivity contribution is 5.34. The molecule has 222 valence electrons. The minimum Gasteiger partial charge on any atom is -1.00 e. The van der Waals surface area contributed by atoms with E-state index >= 15 is 0 Å².